The van der Waals surface area contributed by atoms with E-state index in [2.05, 4.69) is 20.7 Å². The lowest BCUT2D eigenvalue weighted by Gasteiger charge is -2.16. The number of hydrogen-bond donors (Lipinski definition) is 1. The Morgan fingerprint density at radius 1 is 1.32 bits per heavy atom. The summed E-state index contributed by atoms with van der Waals surface area (Å²) >= 11 is 4.96. The maximum absolute atomic E-state index is 12.4. The predicted molar refractivity (Wildman–Crippen MR) is 75.9 cm³/mol. The average molecular weight is 348 g/mol. The quantitative estimate of drug-likeness (QED) is 0.885. The molecule has 1 aromatic carbocycles. The van der Waals surface area contributed by atoms with E-state index in [1.165, 1.54) is 17.4 Å². The molecule has 0 amide bonds. The van der Waals surface area contributed by atoms with Crippen LogP contribution < -0.4 is 10.5 Å². The molecule has 6 heteroatoms. The Morgan fingerprint density at radius 3 is 2.58 bits per heavy atom. The van der Waals surface area contributed by atoms with Gasteiger partial charge in [-0.1, -0.05) is 18.2 Å². The molecule has 102 valence electrons. The van der Waals surface area contributed by atoms with Gasteiger partial charge in [-0.05, 0) is 35.0 Å². The minimum Gasteiger partial charge on any atom is -0.434 e. The number of aryl methyl sites for hydroxylation is 1. The molecule has 1 unspecified atom stereocenters. The molecule has 0 radical (unpaired) electrons. The summed E-state index contributed by atoms with van der Waals surface area (Å²) in [5.41, 5.74) is 6.71. The first-order chi connectivity index (χ1) is 8.99. The molecule has 2 rings (SSSR count). The Hall–Kier alpha value is -0.980. The van der Waals surface area contributed by atoms with E-state index in [0.717, 1.165) is 14.2 Å². The number of alkyl halides is 2. The third-order valence-electron chi connectivity index (χ3n) is 2.59. The number of nitrogens with two attached hydrogens (primary N) is 1. The van der Waals surface area contributed by atoms with Crippen LogP contribution in [0.15, 0.2) is 34.8 Å². The third-order valence-corrected chi connectivity index (χ3v) is 4.64. The summed E-state index contributed by atoms with van der Waals surface area (Å²) < 4.78 is 30.2. The van der Waals surface area contributed by atoms with Gasteiger partial charge in [0.05, 0.1) is 6.04 Å². The van der Waals surface area contributed by atoms with Gasteiger partial charge in [0.2, 0.25) is 0 Å². The summed E-state index contributed by atoms with van der Waals surface area (Å²) in [5.74, 6) is 0.114. The number of ether oxygens (including phenoxy) is 1. The van der Waals surface area contributed by atoms with Crippen LogP contribution in [0.3, 0.4) is 0 Å². The van der Waals surface area contributed by atoms with Crippen molar-refractivity contribution in [2.24, 2.45) is 5.73 Å². The number of thiophene rings is 1. The van der Waals surface area contributed by atoms with Gasteiger partial charge in [0, 0.05) is 19.8 Å². The van der Waals surface area contributed by atoms with Gasteiger partial charge in [-0.25, -0.2) is 0 Å². The van der Waals surface area contributed by atoms with Crippen LogP contribution in [0.25, 0.3) is 0 Å². The summed E-state index contributed by atoms with van der Waals surface area (Å²) in [6, 6.07) is 8.05. The maximum Gasteiger partial charge on any atom is 0.387 e. The third kappa shape index (κ3) is 3.32. The van der Waals surface area contributed by atoms with E-state index >= 15 is 0 Å². The van der Waals surface area contributed by atoms with E-state index in [1.807, 2.05) is 13.0 Å². The first-order valence-corrected chi connectivity index (χ1v) is 7.15. The monoisotopic (exact) mass is 347 g/mol. The molecule has 2 aromatic rings. The van der Waals surface area contributed by atoms with E-state index < -0.39 is 12.7 Å². The second-order valence-electron chi connectivity index (χ2n) is 3.96. The first kappa shape index (κ1) is 14.4. The maximum atomic E-state index is 12.4. The molecule has 0 saturated carbocycles. The van der Waals surface area contributed by atoms with Crippen LogP contribution >= 0.6 is 27.3 Å². The Morgan fingerprint density at radius 2 is 2.00 bits per heavy atom. The van der Waals surface area contributed by atoms with Crippen molar-refractivity contribution in [2.75, 3.05) is 0 Å². The summed E-state index contributed by atoms with van der Waals surface area (Å²) in [6.45, 7) is -0.894. The van der Waals surface area contributed by atoms with Crippen LogP contribution in [-0.4, -0.2) is 6.61 Å². The van der Waals surface area contributed by atoms with Gasteiger partial charge in [-0.3, -0.25) is 0 Å². The number of hydrogen-bond acceptors (Lipinski definition) is 3. The van der Waals surface area contributed by atoms with Gasteiger partial charge in [0.1, 0.15) is 5.75 Å². The topological polar surface area (TPSA) is 35.2 Å². The number of rotatable bonds is 4. The molecule has 19 heavy (non-hydrogen) atoms. The fourth-order valence-electron chi connectivity index (χ4n) is 1.80. The van der Waals surface area contributed by atoms with E-state index in [9.17, 15) is 8.78 Å². The van der Waals surface area contributed by atoms with Crippen molar-refractivity contribution in [2.45, 2.75) is 19.6 Å². The number of halogens is 3. The van der Waals surface area contributed by atoms with Crippen molar-refractivity contribution >= 4 is 27.3 Å². The van der Waals surface area contributed by atoms with Crippen molar-refractivity contribution in [1.29, 1.82) is 0 Å². The molecule has 0 fully saturated rings. The molecule has 0 saturated heterocycles. The Balaban J connectivity index is 2.38. The zero-order valence-electron chi connectivity index (χ0n) is 10.1. The van der Waals surface area contributed by atoms with E-state index in [-0.39, 0.29) is 5.75 Å². The highest BCUT2D eigenvalue weighted by Gasteiger charge is 2.20. The smallest absolute Gasteiger partial charge is 0.387 e. The van der Waals surface area contributed by atoms with E-state index in [1.54, 1.807) is 18.2 Å². The Bertz CT molecular complexity index is 574. The van der Waals surface area contributed by atoms with Crippen LogP contribution in [0.2, 0.25) is 0 Å². The van der Waals surface area contributed by atoms with Crippen LogP contribution in [0.4, 0.5) is 8.78 Å². The zero-order chi connectivity index (χ0) is 14.0. The predicted octanol–water partition coefficient (Wildman–Crippen LogP) is 4.47. The van der Waals surface area contributed by atoms with Gasteiger partial charge in [0.15, 0.2) is 0 Å². The van der Waals surface area contributed by atoms with Gasteiger partial charge in [-0.15, -0.1) is 11.3 Å². The molecule has 0 aliphatic rings. The molecule has 1 atom stereocenters. The molecule has 2 nitrogen and oxygen atoms in total. The van der Waals surface area contributed by atoms with Crippen LogP contribution in [-0.2, 0) is 0 Å². The highest BCUT2D eigenvalue weighted by Crippen LogP contribution is 2.37. The summed E-state index contributed by atoms with van der Waals surface area (Å²) in [4.78, 5) is 1.99. The average Bonchev–Trinajstić information content (AvgIpc) is 2.67. The van der Waals surface area contributed by atoms with Crippen molar-refractivity contribution in [3.05, 3.63) is 50.1 Å². The van der Waals surface area contributed by atoms with E-state index in [4.69, 9.17) is 5.73 Å². The molecule has 2 N–H and O–H groups in total. The zero-order valence-corrected chi connectivity index (χ0v) is 12.5. The molecule has 0 aliphatic carbocycles. The lowest BCUT2D eigenvalue weighted by molar-refractivity contribution is -0.0505. The van der Waals surface area contributed by atoms with Crippen molar-refractivity contribution in [3.63, 3.8) is 0 Å². The summed E-state index contributed by atoms with van der Waals surface area (Å²) in [7, 11) is 0. The standard InChI is InChI=1S/C13H12BrF2NOS/c1-7-6-9(14)12(19-7)11(17)8-4-2-3-5-10(8)18-13(15)16/h2-6,11,13H,17H2,1H3. The molecular weight excluding hydrogens is 336 g/mol. The van der Waals surface area contributed by atoms with Crippen molar-refractivity contribution in [1.82, 2.24) is 0 Å². The molecule has 1 heterocycles. The lowest BCUT2D eigenvalue weighted by Crippen LogP contribution is -2.14. The fraction of sp³-hybridized carbons (Fsp3) is 0.231. The second kappa shape index (κ2) is 5.98. The Kier molecular flexibility index (Phi) is 4.54. The molecule has 0 aliphatic heterocycles. The summed E-state index contributed by atoms with van der Waals surface area (Å²) in [6.07, 6.45) is 0. The van der Waals surface area contributed by atoms with Gasteiger partial charge in [-0.2, -0.15) is 8.78 Å². The second-order valence-corrected chi connectivity index (χ2v) is 6.11. The normalized spacial score (nSPS) is 12.7. The SMILES string of the molecule is Cc1cc(Br)c(C(N)c2ccccc2OC(F)F)s1. The highest BCUT2D eigenvalue weighted by molar-refractivity contribution is 9.10. The molecule has 1 aromatic heterocycles. The fourth-order valence-corrected chi connectivity index (χ4v) is 3.71. The molecule has 0 spiro atoms. The van der Waals surface area contributed by atoms with E-state index in [0.29, 0.717) is 5.56 Å². The summed E-state index contributed by atoms with van der Waals surface area (Å²) in [5, 5.41) is 0. The minimum atomic E-state index is -2.86. The van der Waals surface area contributed by atoms with Crippen molar-refractivity contribution in [3.8, 4) is 5.75 Å². The van der Waals surface area contributed by atoms with Gasteiger partial charge >= 0.3 is 6.61 Å². The van der Waals surface area contributed by atoms with Crippen LogP contribution in [0.5, 0.6) is 5.75 Å². The Labute approximate surface area is 122 Å². The largest absolute Gasteiger partial charge is 0.434 e. The van der Waals surface area contributed by atoms with Crippen LogP contribution in [0.1, 0.15) is 21.4 Å². The van der Waals surface area contributed by atoms with Crippen LogP contribution in [0, 0.1) is 6.92 Å². The van der Waals surface area contributed by atoms with Crippen molar-refractivity contribution < 1.29 is 13.5 Å². The number of para-hydroxylation sites is 1. The van der Waals surface area contributed by atoms with Gasteiger partial charge in [0.25, 0.3) is 0 Å². The molecule has 0 bridgehead atoms. The highest BCUT2D eigenvalue weighted by atomic mass is 79.9. The number of benzene rings is 1. The molecular formula is C13H12BrF2NOS. The minimum absolute atomic E-state index is 0.114. The van der Waals surface area contributed by atoms with Gasteiger partial charge < -0.3 is 10.5 Å². The first-order valence-electron chi connectivity index (χ1n) is 5.54. The lowest BCUT2D eigenvalue weighted by atomic mass is 10.1.